The van der Waals surface area contributed by atoms with Crippen LogP contribution in [0.25, 0.3) is 0 Å². The first kappa shape index (κ1) is 11.2. The molecule has 0 bridgehead atoms. The monoisotopic (exact) mass is 223 g/mol. The number of β-amino-alcohol motifs (C(OH)–C–C–N with tert-alkyl or cyclic N) is 1. The van der Waals surface area contributed by atoms with Gasteiger partial charge in [-0.1, -0.05) is 0 Å². The molecule has 1 atom stereocenters. The molecule has 1 aliphatic heterocycles. The second-order valence-electron chi connectivity index (χ2n) is 3.88. The average molecular weight is 223 g/mol. The van der Waals surface area contributed by atoms with Gasteiger partial charge in [-0.15, -0.1) is 0 Å². The Morgan fingerprint density at radius 3 is 2.62 bits per heavy atom. The van der Waals surface area contributed by atoms with E-state index >= 15 is 0 Å². The average Bonchev–Trinajstić information content (AvgIpc) is 2.49. The quantitative estimate of drug-likeness (QED) is 0.781. The Balaban J connectivity index is 2.47. The Labute approximate surface area is 95.2 Å². The normalized spacial score (nSPS) is 19.8. The standard InChI is InChI=1S/C12H17NO3/c1-15-11-5-8-3-4-13-7-10(14)9(8)6-12(11)16-2/h5-6,10,13-14H,3-4,7H2,1-2H3. The Morgan fingerprint density at radius 1 is 1.25 bits per heavy atom. The minimum Gasteiger partial charge on any atom is -0.493 e. The van der Waals surface area contributed by atoms with E-state index in [0.29, 0.717) is 12.3 Å². The second-order valence-corrected chi connectivity index (χ2v) is 3.88. The van der Waals surface area contributed by atoms with E-state index in [9.17, 15) is 5.11 Å². The summed E-state index contributed by atoms with van der Waals surface area (Å²) in [5, 5.41) is 13.2. The lowest BCUT2D eigenvalue weighted by molar-refractivity contribution is 0.177. The van der Waals surface area contributed by atoms with E-state index in [2.05, 4.69) is 5.32 Å². The van der Waals surface area contributed by atoms with E-state index in [1.165, 1.54) is 0 Å². The van der Waals surface area contributed by atoms with E-state index in [1.54, 1.807) is 14.2 Å². The third-order valence-corrected chi connectivity index (χ3v) is 2.91. The van der Waals surface area contributed by atoms with Crippen LogP contribution in [-0.4, -0.2) is 32.4 Å². The van der Waals surface area contributed by atoms with Crippen molar-refractivity contribution < 1.29 is 14.6 Å². The highest BCUT2D eigenvalue weighted by molar-refractivity contribution is 5.48. The minimum absolute atomic E-state index is 0.475. The van der Waals surface area contributed by atoms with Gasteiger partial charge in [0, 0.05) is 6.54 Å². The number of ether oxygens (including phenoxy) is 2. The summed E-state index contributed by atoms with van der Waals surface area (Å²) >= 11 is 0. The summed E-state index contributed by atoms with van der Waals surface area (Å²) in [7, 11) is 3.22. The van der Waals surface area contributed by atoms with Crippen LogP contribution >= 0.6 is 0 Å². The summed E-state index contributed by atoms with van der Waals surface area (Å²) in [6.07, 6.45) is 0.421. The van der Waals surface area contributed by atoms with Gasteiger partial charge in [0.1, 0.15) is 0 Å². The maximum absolute atomic E-state index is 9.97. The first-order valence-corrected chi connectivity index (χ1v) is 5.40. The molecule has 1 aliphatic rings. The zero-order chi connectivity index (χ0) is 11.5. The van der Waals surface area contributed by atoms with Crippen LogP contribution in [0.15, 0.2) is 12.1 Å². The topological polar surface area (TPSA) is 50.7 Å². The van der Waals surface area contributed by atoms with Crippen LogP contribution in [0.5, 0.6) is 11.5 Å². The number of hydrogen-bond acceptors (Lipinski definition) is 4. The molecule has 0 aliphatic carbocycles. The molecular formula is C12H17NO3. The number of aliphatic hydroxyl groups excluding tert-OH is 1. The number of fused-ring (bicyclic) bond motifs is 1. The van der Waals surface area contributed by atoms with Crippen LogP contribution in [0.2, 0.25) is 0 Å². The molecule has 88 valence electrons. The van der Waals surface area contributed by atoms with Crippen molar-refractivity contribution in [1.29, 1.82) is 0 Å². The fourth-order valence-corrected chi connectivity index (χ4v) is 2.04. The van der Waals surface area contributed by atoms with Crippen molar-refractivity contribution in [3.8, 4) is 11.5 Å². The number of hydrogen-bond donors (Lipinski definition) is 2. The molecule has 1 heterocycles. The molecule has 1 unspecified atom stereocenters. The third kappa shape index (κ3) is 1.99. The van der Waals surface area contributed by atoms with E-state index < -0.39 is 6.10 Å². The molecule has 1 aromatic carbocycles. The molecule has 2 N–H and O–H groups in total. The summed E-state index contributed by atoms with van der Waals surface area (Å²) in [5.41, 5.74) is 2.05. The van der Waals surface area contributed by atoms with Crippen molar-refractivity contribution in [2.75, 3.05) is 27.3 Å². The molecule has 0 fully saturated rings. The summed E-state index contributed by atoms with van der Waals surface area (Å²) in [5.74, 6) is 1.39. The molecule has 0 aromatic heterocycles. The Morgan fingerprint density at radius 2 is 1.94 bits per heavy atom. The molecule has 4 nitrogen and oxygen atoms in total. The maximum atomic E-state index is 9.97. The predicted molar refractivity (Wildman–Crippen MR) is 61.1 cm³/mol. The lowest BCUT2D eigenvalue weighted by atomic mass is 10.0. The van der Waals surface area contributed by atoms with Crippen molar-refractivity contribution in [2.45, 2.75) is 12.5 Å². The van der Waals surface area contributed by atoms with Crippen molar-refractivity contribution in [3.05, 3.63) is 23.3 Å². The Kier molecular flexibility index (Phi) is 3.31. The fraction of sp³-hybridized carbons (Fsp3) is 0.500. The Bertz CT molecular complexity index is 379. The van der Waals surface area contributed by atoms with Crippen LogP contribution in [0.1, 0.15) is 17.2 Å². The van der Waals surface area contributed by atoms with Crippen LogP contribution in [-0.2, 0) is 6.42 Å². The lowest BCUT2D eigenvalue weighted by Crippen LogP contribution is -2.19. The van der Waals surface area contributed by atoms with Gasteiger partial charge in [-0.25, -0.2) is 0 Å². The van der Waals surface area contributed by atoms with Gasteiger partial charge in [-0.05, 0) is 36.2 Å². The highest BCUT2D eigenvalue weighted by atomic mass is 16.5. The molecule has 4 heteroatoms. The van der Waals surface area contributed by atoms with Gasteiger partial charge < -0.3 is 19.9 Å². The molecule has 0 saturated heterocycles. The van der Waals surface area contributed by atoms with Gasteiger partial charge >= 0.3 is 0 Å². The van der Waals surface area contributed by atoms with Crippen molar-refractivity contribution in [2.24, 2.45) is 0 Å². The molecule has 0 saturated carbocycles. The number of aliphatic hydroxyl groups is 1. The second kappa shape index (κ2) is 4.72. The van der Waals surface area contributed by atoms with E-state index in [1.807, 2.05) is 12.1 Å². The molecule has 0 amide bonds. The molecule has 0 radical (unpaired) electrons. The van der Waals surface area contributed by atoms with E-state index in [4.69, 9.17) is 9.47 Å². The Hall–Kier alpha value is -1.26. The smallest absolute Gasteiger partial charge is 0.161 e. The minimum atomic E-state index is -0.475. The largest absolute Gasteiger partial charge is 0.493 e. The van der Waals surface area contributed by atoms with Gasteiger partial charge in [0.15, 0.2) is 11.5 Å². The van der Waals surface area contributed by atoms with Crippen molar-refractivity contribution >= 4 is 0 Å². The molecular weight excluding hydrogens is 206 g/mol. The van der Waals surface area contributed by atoms with Gasteiger partial charge in [0.05, 0.1) is 20.3 Å². The van der Waals surface area contributed by atoms with Crippen molar-refractivity contribution in [3.63, 3.8) is 0 Å². The molecule has 0 spiro atoms. The zero-order valence-electron chi connectivity index (χ0n) is 9.62. The molecule has 16 heavy (non-hydrogen) atoms. The highest BCUT2D eigenvalue weighted by Crippen LogP contribution is 2.34. The number of rotatable bonds is 2. The van der Waals surface area contributed by atoms with Crippen LogP contribution in [0.4, 0.5) is 0 Å². The van der Waals surface area contributed by atoms with Gasteiger partial charge in [0.25, 0.3) is 0 Å². The van der Waals surface area contributed by atoms with Gasteiger partial charge in [-0.2, -0.15) is 0 Å². The molecule has 2 rings (SSSR count). The summed E-state index contributed by atoms with van der Waals surface area (Å²) in [4.78, 5) is 0. The van der Waals surface area contributed by atoms with Crippen LogP contribution in [0, 0.1) is 0 Å². The van der Waals surface area contributed by atoms with Crippen molar-refractivity contribution in [1.82, 2.24) is 5.32 Å². The van der Waals surface area contributed by atoms with Gasteiger partial charge in [-0.3, -0.25) is 0 Å². The fourth-order valence-electron chi connectivity index (χ4n) is 2.04. The van der Waals surface area contributed by atoms with E-state index in [0.717, 1.165) is 29.8 Å². The number of nitrogens with one attached hydrogen (secondary N) is 1. The highest BCUT2D eigenvalue weighted by Gasteiger charge is 2.19. The summed E-state index contributed by atoms with van der Waals surface area (Å²) in [6, 6.07) is 3.82. The number of methoxy groups -OCH3 is 2. The molecule has 1 aromatic rings. The SMILES string of the molecule is COc1cc2c(cc1OC)C(O)CNCC2. The van der Waals surface area contributed by atoms with Crippen LogP contribution in [0.3, 0.4) is 0 Å². The van der Waals surface area contributed by atoms with E-state index in [-0.39, 0.29) is 0 Å². The van der Waals surface area contributed by atoms with Crippen LogP contribution < -0.4 is 14.8 Å². The summed E-state index contributed by atoms with van der Waals surface area (Å²) < 4.78 is 10.5. The third-order valence-electron chi connectivity index (χ3n) is 2.91. The predicted octanol–water partition coefficient (Wildman–Crippen LogP) is 0.883. The first-order chi connectivity index (χ1) is 7.76. The zero-order valence-corrected chi connectivity index (χ0v) is 9.62. The maximum Gasteiger partial charge on any atom is 0.161 e. The lowest BCUT2D eigenvalue weighted by Gasteiger charge is -2.15. The number of benzene rings is 1. The first-order valence-electron chi connectivity index (χ1n) is 5.40. The summed E-state index contributed by atoms with van der Waals surface area (Å²) in [6.45, 7) is 1.46. The van der Waals surface area contributed by atoms with Gasteiger partial charge in [0.2, 0.25) is 0 Å².